The third-order valence-corrected chi connectivity index (χ3v) is 2.91. The maximum atomic E-state index is 10.7. The maximum absolute atomic E-state index is 10.7. The van der Waals surface area contributed by atoms with Crippen LogP contribution in [0.15, 0.2) is 0 Å². The molecule has 0 radical (unpaired) electrons. The van der Waals surface area contributed by atoms with Crippen molar-refractivity contribution in [1.29, 1.82) is 0 Å². The first kappa shape index (κ1) is 12.4. The fraction of sp³-hybridized carbons (Fsp3) is 0.900. The fourth-order valence-corrected chi connectivity index (χ4v) is 1.81. The van der Waals surface area contributed by atoms with Crippen LogP contribution in [0, 0.1) is 5.92 Å². The number of aliphatic hydroxyl groups excluding tert-OH is 1. The normalized spacial score (nSPS) is 21.1. The number of nitrogens with one attached hydrogen (secondary N) is 2. The molecule has 1 saturated heterocycles. The molecule has 1 rings (SSSR count). The van der Waals surface area contributed by atoms with Crippen LogP contribution in [-0.2, 0) is 4.79 Å². The molecule has 1 atom stereocenters. The number of carbonyl (C=O) groups is 1. The van der Waals surface area contributed by atoms with Crippen molar-refractivity contribution in [3.05, 3.63) is 0 Å². The second-order valence-electron chi connectivity index (χ2n) is 4.63. The number of aliphatic hydroxyl groups is 1. The Morgan fingerprint density at radius 3 is 2.40 bits per heavy atom. The molecule has 0 amide bonds. The lowest BCUT2D eigenvalue weighted by molar-refractivity contribution is -0.139. The van der Waals surface area contributed by atoms with Crippen molar-refractivity contribution < 1.29 is 15.0 Å². The quantitative estimate of drug-likeness (QED) is 0.477. The number of carboxylic acid groups (broad SMARTS) is 1. The number of carboxylic acids is 1. The van der Waals surface area contributed by atoms with Crippen LogP contribution in [0.2, 0.25) is 0 Å². The van der Waals surface area contributed by atoms with Crippen molar-refractivity contribution in [3.63, 3.8) is 0 Å². The van der Waals surface area contributed by atoms with E-state index in [0.717, 1.165) is 0 Å². The van der Waals surface area contributed by atoms with E-state index in [1.165, 1.54) is 0 Å². The van der Waals surface area contributed by atoms with E-state index >= 15 is 0 Å². The van der Waals surface area contributed by atoms with Gasteiger partial charge in [0.2, 0.25) is 0 Å². The Balaban J connectivity index is 2.55. The largest absolute Gasteiger partial charge is 0.481 e. The number of hydrogen-bond donors (Lipinski definition) is 4. The molecule has 88 valence electrons. The van der Waals surface area contributed by atoms with E-state index in [4.69, 9.17) is 5.11 Å². The fourth-order valence-electron chi connectivity index (χ4n) is 1.81. The van der Waals surface area contributed by atoms with Gasteiger partial charge in [0.05, 0.1) is 18.6 Å². The number of hydrogen-bond acceptors (Lipinski definition) is 4. The first-order valence-electron chi connectivity index (χ1n) is 5.30. The summed E-state index contributed by atoms with van der Waals surface area (Å²) in [5.41, 5.74) is -0.372. The molecule has 5 heteroatoms. The molecule has 0 spiro atoms. The van der Waals surface area contributed by atoms with E-state index < -0.39 is 5.97 Å². The van der Waals surface area contributed by atoms with Crippen LogP contribution in [0.3, 0.4) is 0 Å². The molecule has 0 bridgehead atoms. The molecule has 0 aromatic heterocycles. The van der Waals surface area contributed by atoms with Gasteiger partial charge < -0.3 is 20.8 Å². The molecule has 0 aromatic carbocycles. The highest BCUT2D eigenvalue weighted by atomic mass is 16.4. The molecule has 15 heavy (non-hydrogen) atoms. The summed E-state index contributed by atoms with van der Waals surface area (Å²) in [6.07, 6.45) is 0.100. The molecule has 5 nitrogen and oxygen atoms in total. The summed E-state index contributed by atoms with van der Waals surface area (Å²) < 4.78 is 0. The summed E-state index contributed by atoms with van der Waals surface area (Å²) in [6.45, 7) is 5.37. The summed E-state index contributed by atoms with van der Waals surface area (Å²) in [6, 6.07) is -0.0357. The van der Waals surface area contributed by atoms with Gasteiger partial charge in [0.25, 0.3) is 0 Å². The Bertz CT molecular complexity index is 227. The predicted octanol–water partition coefficient (Wildman–Crippen LogP) is -0.590. The van der Waals surface area contributed by atoms with Gasteiger partial charge in [-0.15, -0.1) is 0 Å². The van der Waals surface area contributed by atoms with E-state index in [0.29, 0.717) is 19.0 Å². The van der Waals surface area contributed by atoms with E-state index in [-0.39, 0.29) is 24.6 Å². The van der Waals surface area contributed by atoms with Crippen LogP contribution in [0.1, 0.15) is 20.3 Å². The Labute approximate surface area is 89.9 Å². The Kier molecular flexibility index (Phi) is 4.07. The highest BCUT2D eigenvalue weighted by Crippen LogP contribution is 2.18. The van der Waals surface area contributed by atoms with Crippen LogP contribution in [0.4, 0.5) is 0 Å². The average molecular weight is 216 g/mol. The van der Waals surface area contributed by atoms with Crippen LogP contribution >= 0.6 is 0 Å². The van der Waals surface area contributed by atoms with Crippen LogP contribution in [0.5, 0.6) is 0 Å². The minimum atomic E-state index is -0.801. The van der Waals surface area contributed by atoms with Gasteiger partial charge >= 0.3 is 5.97 Å². The third kappa shape index (κ3) is 3.15. The number of rotatable bonds is 6. The lowest BCUT2D eigenvalue weighted by Crippen LogP contribution is -2.71. The zero-order valence-electron chi connectivity index (χ0n) is 9.29. The van der Waals surface area contributed by atoms with Gasteiger partial charge in [-0.05, 0) is 5.92 Å². The van der Waals surface area contributed by atoms with Crippen molar-refractivity contribution in [3.8, 4) is 0 Å². The maximum Gasteiger partial charge on any atom is 0.305 e. The minimum Gasteiger partial charge on any atom is -0.481 e. The molecule has 4 N–H and O–H groups in total. The second-order valence-corrected chi connectivity index (χ2v) is 4.63. The topological polar surface area (TPSA) is 81.6 Å². The molecule has 0 aliphatic carbocycles. The third-order valence-electron chi connectivity index (χ3n) is 2.91. The Morgan fingerprint density at radius 1 is 1.53 bits per heavy atom. The van der Waals surface area contributed by atoms with Gasteiger partial charge in [-0.25, -0.2) is 0 Å². The van der Waals surface area contributed by atoms with E-state index in [2.05, 4.69) is 10.6 Å². The molecular formula is C10H20N2O3. The molecule has 0 aromatic rings. The molecule has 1 aliphatic rings. The lowest BCUT2D eigenvalue weighted by Gasteiger charge is -2.45. The number of aliphatic carboxylic acids is 1. The molecule has 1 unspecified atom stereocenters. The second kappa shape index (κ2) is 4.92. The van der Waals surface area contributed by atoms with Crippen molar-refractivity contribution in [2.24, 2.45) is 5.92 Å². The first-order valence-corrected chi connectivity index (χ1v) is 5.30. The summed E-state index contributed by atoms with van der Waals surface area (Å²) >= 11 is 0. The Hall–Kier alpha value is -0.650. The summed E-state index contributed by atoms with van der Waals surface area (Å²) in [5, 5.41) is 24.3. The van der Waals surface area contributed by atoms with E-state index in [1.54, 1.807) is 0 Å². The highest BCUT2D eigenvalue weighted by Gasteiger charge is 2.40. The lowest BCUT2D eigenvalue weighted by atomic mass is 9.86. The Morgan fingerprint density at radius 2 is 2.13 bits per heavy atom. The SMILES string of the molecule is CC(C)C(CO)NC1(CC(=O)O)CNC1. The van der Waals surface area contributed by atoms with Crippen LogP contribution in [0.25, 0.3) is 0 Å². The van der Waals surface area contributed by atoms with Gasteiger partial charge in [0, 0.05) is 19.1 Å². The van der Waals surface area contributed by atoms with Crippen LogP contribution in [-0.4, -0.2) is 47.5 Å². The average Bonchev–Trinajstić information content (AvgIpc) is 2.08. The van der Waals surface area contributed by atoms with E-state index in [1.807, 2.05) is 13.8 Å². The molecule has 1 aliphatic heterocycles. The van der Waals surface area contributed by atoms with Crippen molar-refractivity contribution in [2.45, 2.75) is 31.8 Å². The van der Waals surface area contributed by atoms with Crippen molar-refractivity contribution in [1.82, 2.24) is 10.6 Å². The zero-order valence-corrected chi connectivity index (χ0v) is 9.29. The summed E-state index contributed by atoms with van der Waals surface area (Å²) in [5.74, 6) is -0.509. The van der Waals surface area contributed by atoms with Crippen molar-refractivity contribution in [2.75, 3.05) is 19.7 Å². The standard InChI is InChI=1S/C10H20N2O3/c1-7(2)8(4-13)12-10(3-9(14)15)5-11-6-10/h7-8,11-13H,3-6H2,1-2H3,(H,14,15). The first-order chi connectivity index (χ1) is 6.99. The van der Waals surface area contributed by atoms with Gasteiger partial charge in [-0.3, -0.25) is 4.79 Å². The molecular weight excluding hydrogens is 196 g/mol. The molecule has 1 fully saturated rings. The summed E-state index contributed by atoms with van der Waals surface area (Å²) in [4.78, 5) is 10.7. The molecule has 0 saturated carbocycles. The predicted molar refractivity (Wildman–Crippen MR) is 56.7 cm³/mol. The monoisotopic (exact) mass is 216 g/mol. The summed E-state index contributed by atoms with van der Waals surface area (Å²) in [7, 11) is 0. The van der Waals surface area contributed by atoms with Gasteiger partial charge in [-0.2, -0.15) is 0 Å². The van der Waals surface area contributed by atoms with Crippen LogP contribution < -0.4 is 10.6 Å². The smallest absolute Gasteiger partial charge is 0.305 e. The molecule has 1 heterocycles. The zero-order chi connectivity index (χ0) is 11.5. The van der Waals surface area contributed by atoms with Gasteiger partial charge in [0.1, 0.15) is 0 Å². The van der Waals surface area contributed by atoms with E-state index in [9.17, 15) is 9.90 Å². The van der Waals surface area contributed by atoms with Gasteiger partial charge in [0.15, 0.2) is 0 Å². The minimum absolute atomic E-state index is 0.0357. The van der Waals surface area contributed by atoms with Crippen molar-refractivity contribution >= 4 is 5.97 Å². The highest BCUT2D eigenvalue weighted by molar-refractivity contribution is 5.68. The van der Waals surface area contributed by atoms with Gasteiger partial charge in [-0.1, -0.05) is 13.8 Å².